The molecule has 0 spiro atoms. The molecule has 3 aromatic rings. The monoisotopic (exact) mass is 663 g/mol. The Balaban J connectivity index is 1.90. The molecule has 42 heavy (non-hydrogen) atoms. The topological polar surface area (TPSA) is 86.8 Å². The second kappa shape index (κ2) is 14.2. The van der Waals surface area contributed by atoms with Gasteiger partial charge in [0.05, 0.1) is 11.9 Å². The van der Waals surface area contributed by atoms with Crippen LogP contribution in [0.5, 0.6) is 0 Å². The minimum atomic E-state index is -3.86. The zero-order valence-electron chi connectivity index (χ0n) is 24.1. The molecule has 0 aromatic heterocycles. The van der Waals surface area contributed by atoms with Crippen LogP contribution in [0.4, 0.5) is 14.5 Å². The summed E-state index contributed by atoms with van der Waals surface area (Å²) < 4.78 is 54.2. The molecule has 0 aliphatic carbocycles. The predicted molar refractivity (Wildman–Crippen MR) is 164 cm³/mol. The Morgan fingerprint density at radius 3 is 2.14 bits per heavy atom. The molecule has 7 nitrogen and oxygen atoms in total. The summed E-state index contributed by atoms with van der Waals surface area (Å²) >= 11 is 3.42. The van der Waals surface area contributed by atoms with Crippen LogP contribution in [0.2, 0.25) is 0 Å². The number of sulfonamides is 1. The summed E-state index contributed by atoms with van der Waals surface area (Å²) in [5.41, 5.74) is 1.11. The maximum absolute atomic E-state index is 13.9. The van der Waals surface area contributed by atoms with E-state index >= 15 is 0 Å². The number of benzene rings is 3. The highest BCUT2D eigenvalue weighted by Crippen LogP contribution is 2.23. The summed E-state index contributed by atoms with van der Waals surface area (Å²) in [4.78, 5) is 29.0. The third-order valence-corrected chi connectivity index (χ3v) is 8.10. The molecule has 3 aromatic carbocycles. The van der Waals surface area contributed by atoms with E-state index in [0.29, 0.717) is 0 Å². The predicted octanol–water partition coefficient (Wildman–Crippen LogP) is 5.83. The van der Waals surface area contributed by atoms with E-state index in [1.54, 1.807) is 0 Å². The first-order chi connectivity index (χ1) is 19.6. The van der Waals surface area contributed by atoms with Gasteiger partial charge in [0.1, 0.15) is 6.04 Å². The number of anilines is 1. The fourth-order valence-electron chi connectivity index (χ4n) is 4.44. The smallest absolute Gasteiger partial charge is 0.243 e. The molecule has 1 N–H and O–H groups in total. The van der Waals surface area contributed by atoms with Gasteiger partial charge in [-0.3, -0.25) is 13.9 Å². The molecule has 0 unspecified atom stereocenters. The van der Waals surface area contributed by atoms with Crippen molar-refractivity contribution in [3.8, 4) is 0 Å². The number of nitrogens with one attached hydrogen (secondary N) is 1. The molecule has 0 aliphatic heterocycles. The normalized spacial score (nSPS) is 12.5. The van der Waals surface area contributed by atoms with E-state index in [0.717, 1.165) is 38.3 Å². The van der Waals surface area contributed by atoms with Crippen LogP contribution in [0.3, 0.4) is 0 Å². The molecule has 0 aliphatic rings. The maximum Gasteiger partial charge on any atom is 0.243 e. The molecule has 3 rings (SSSR count). The van der Waals surface area contributed by atoms with Crippen molar-refractivity contribution in [3.05, 3.63) is 100 Å². The number of nitrogens with zero attached hydrogens (tertiary/aromatic N) is 2. The minimum absolute atomic E-state index is 0.0397. The zero-order valence-corrected chi connectivity index (χ0v) is 26.5. The van der Waals surface area contributed by atoms with Crippen LogP contribution in [0.25, 0.3) is 0 Å². The van der Waals surface area contributed by atoms with E-state index in [-0.39, 0.29) is 49.9 Å². The second-order valence-electron chi connectivity index (χ2n) is 11.1. The van der Waals surface area contributed by atoms with Crippen molar-refractivity contribution < 1.29 is 26.8 Å². The van der Waals surface area contributed by atoms with Crippen molar-refractivity contribution in [2.45, 2.75) is 58.2 Å². The highest BCUT2D eigenvalue weighted by atomic mass is 79.9. The fraction of sp³-hybridized carbons (Fsp3) is 0.355. The highest BCUT2D eigenvalue weighted by molar-refractivity contribution is 9.10. The zero-order chi connectivity index (χ0) is 31.1. The lowest BCUT2D eigenvalue weighted by Gasteiger charge is -2.34. The number of rotatable bonds is 12. The minimum Gasteiger partial charge on any atom is -0.350 e. The second-order valence-corrected chi connectivity index (χ2v) is 14.0. The van der Waals surface area contributed by atoms with Crippen molar-refractivity contribution in [2.24, 2.45) is 0 Å². The van der Waals surface area contributed by atoms with Gasteiger partial charge in [0, 0.05) is 42.0 Å². The van der Waals surface area contributed by atoms with E-state index in [9.17, 15) is 26.8 Å². The van der Waals surface area contributed by atoms with Gasteiger partial charge in [-0.25, -0.2) is 17.2 Å². The molecule has 11 heteroatoms. The summed E-state index contributed by atoms with van der Waals surface area (Å²) in [5, 5.41) is 3.00. The fourth-order valence-corrected chi connectivity index (χ4v) is 5.66. The van der Waals surface area contributed by atoms with Crippen LogP contribution in [0, 0.1) is 11.6 Å². The van der Waals surface area contributed by atoms with E-state index in [2.05, 4.69) is 21.2 Å². The number of hydrogen-bond donors (Lipinski definition) is 1. The van der Waals surface area contributed by atoms with Crippen molar-refractivity contribution in [1.29, 1.82) is 0 Å². The first-order valence-corrected chi connectivity index (χ1v) is 16.1. The van der Waals surface area contributed by atoms with Crippen LogP contribution >= 0.6 is 15.9 Å². The molecule has 0 fully saturated rings. The van der Waals surface area contributed by atoms with Gasteiger partial charge in [-0.2, -0.15) is 0 Å². The Bertz CT molecular complexity index is 1480. The molecule has 1 atom stereocenters. The first-order valence-electron chi connectivity index (χ1n) is 13.5. The molecule has 2 amide bonds. The Labute approximate surface area is 255 Å². The van der Waals surface area contributed by atoms with Crippen molar-refractivity contribution in [1.82, 2.24) is 10.2 Å². The van der Waals surface area contributed by atoms with Gasteiger partial charge in [0.2, 0.25) is 21.8 Å². The quantitative estimate of drug-likeness (QED) is 0.264. The Morgan fingerprint density at radius 1 is 0.929 bits per heavy atom. The molecule has 0 radical (unpaired) electrons. The number of carbonyl (C=O) groups is 2. The standard InChI is InChI=1S/C31H36BrF2N3O4S/c1-31(2,3)35-30(39)28(19-22-9-6-5-7-10-22)36(21-23-12-14-24(32)15-13-23)29(38)11-8-18-37(42(4,40)41)25-16-17-26(33)27(34)20-25/h5-7,9-10,12-17,20,28H,8,11,18-19,21H2,1-4H3,(H,35,39)/t28-/m1/s1. The summed E-state index contributed by atoms with van der Waals surface area (Å²) in [6.45, 7) is 5.61. The lowest BCUT2D eigenvalue weighted by Crippen LogP contribution is -2.54. The molecular formula is C31H36BrF2N3O4S. The SMILES string of the molecule is CC(C)(C)NC(=O)[C@@H](Cc1ccccc1)N(Cc1ccc(Br)cc1)C(=O)CCCN(c1ccc(F)c(F)c1)S(C)(=O)=O. The maximum atomic E-state index is 13.9. The van der Waals surface area contributed by atoms with Crippen molar-refractivity contribution in [3.63, 3.8) is 0 Å². The van der Waals surface area contributed by atoms with Crippen LogP contribution in [0.15, 0.2) is 77.3 Å². The third kappa shape index (κ3) is 9.90. The number of carbonyl (C=O) groups excluding carboxylic acids is 2. The van der Waals surface area contributed by atoms with E-state index in [1.165, 1.54) is 11.0 Å². The van der Waals surface area contributed by atoms with E-state index in [1.807, 2.05) is 75.4 Å². The van der Waals surface area contributed by atoms with E-state index < -0.39 is 33.2 Å². The van der Waals surface area contributed by atoms with Gasteiger partial charge in [0.25, 0.3) is 0 Å². The number of halogens is 3. The van der Waals surface area contributed by atoms with Gasteiger partial charge in [-0.1, -0.05) is 58.4 Å². The van der Waals surface area contributed by atoms with Crippen LogP contribution in [-0.4, -0.2) is 49.5 Å². The third-order valence-electron chi connectivity index (χ3n) is 6.38. The lowest BCUT2D eigenvalue weighted by molar-refractivity contribution is -0.142. The highest BCUT2D eigenvalue weighted by Gasteiger charge is 2.32. The Kier molecular flexibility index (Phi) is 11.3. The molecule has 0 saturated heterocycles. The van der Waals surface area contributed by atoms with Gasteiger partial charge in [0.15, 0.2) is 11.6 Å². The van der Waals surface area contributed by atoms with Crippen LogP contribution in [0.1, 0.15) is 44.7 Å². The molecule has 0 heterocycles. The summed E-state index contributed by atoms with van der Waals surface area (Å²) in [7, 11) is -3.86. The van der Waals surface area contributed by atoms with E-state index in [4.69, 9.17) is 0 Å². The number of amides is 2. The van der Waals surface area contributed by atoms with Crippen molar-refractivity contribution in [2.75, 3.05) is 17.1 Å². The van der Waals surface area contributed by atoms with Gasteiger partial charge < -0.3 is 10.2 Å². The lowest BCUT2D eigenvalue weighted by atomic mass is 10.00. The molecular weight excluding hydrogens is 628 g/mol. The number of hydrogen-bond acceptors (Lipinski definition) is 4. The first kappa shape index (κ1) is 33.2. The van der Waals surface area contributed by atoms with Crippen LogP contribution in [-0.2, 0) is 32.6 Å². The summed E-state index contributed by atoms with van der Waals surface area (Å²) in [6.07, 6.45) is 1.24. The molecule has 226 valence electrons. The van der Waals surface area contributed by atoms with Crippen molar-refractivity contribution >= 4 is 43.5 Å². The Hall–Kier alpha value is -3.31. The Morgan fingerprint density at radius 2 is 1.57 bits per heavy atom. The van der Waals surface area contributed by atoms with Gasteiger partial charge >= 0.3 is 0 Å². The average Bonchev–Trinajstić information content (AvgIpc) is 2.90. The molecule has 0 bridgehead atoms. The largest absolute Gasteiger partial charge is 0.350 e. The average molecular weight is 665 g/mol. The summed E-state index contributed by atoms with van der Waals surface area (Å²) in [6, 6.07) is 18.8. The molecule has 0 saturated carbocycles. The summed E-state index contributed by atoms with van der Waals surface area (Å²) in [5.74, 6) is -2.92. The van der Waals surface area contributed by atoms with Gasteiger partial charge in [-0.05, 0) is 62.6 Å². The van der Waals surface area contributed by atoms with Gasteiger partial charge in [-0.15, -0.1) is 0 Å². The van der Waals surface area contributed by atoms with Crippen LogP contribution < -0.4 is 9.62 Å².